The molecule has 5 unspecified atom stereocenters. The summed E-state index contributed by atoms with van der Waals surface area (Å²) >= 11 is 12.6. The molecule has 5 heterocycles. The number of aromatic nitrogens is 2. The second-order valence-corrected chi connectivity index (χ2v) is 14.3. The van der Waals surface area contributed by atoms with Crippen molar-refractivity contribution < 1.29 is 17.5 Å². The van der Waals surface area contributed by atoms with Crippen LogP contribution in [-0.2, 0) is 14.8 Å². The van der Waals surface area contributed by atoms with Crippen LogP contribution in [0.25, 0.3) is 0 Å². The predicted molar refractivity (Wildman–Crippen MR) is 148 cm³/mol. The number of hydrogen-bond acceptors (Lipinski definition) is 9. The van der Waals surface area contributed by atoms with Crippen LogP contribution in [-0.4, -0.2) is 73.4 Å². The van der Waals surface area contributed by atoms with E-state index in [1.165, 1.54) is 23.0 Å². The van der Waals surface area contributed by atoms with Gasteiger partial charge in [-0.05, 0) is 37.3 Å². The van der Waals surface area contributed by atoms with Crippen molar-refractivity contribution in [1.29, 1.82) is 5.26 Å². The van der Waals surface area contributed by atoms with E-state index in [4.69, 9.17) is 27.9 Å². The molecule has 3 aliphatic heterocycles. The number of rotatable bonds is 6. The zero-order valence-corrected chi connectivity index (χ0v) is 24.3. The molecule has 1 aliphatic carbocycles. The van der Waals surface area contributed by atoms with E-state index in [2.05, 4.69) is 26.9 Å². The molecule has 10 nitrogen and oxygen atoms in total. The second kappa shape index (κ2) is 10.3. The summed E-state index contributed by atoms with van der Waals surface area (Å²) in [5, 5.41) is 10.7. The lowest BCUT2D eigenvalue weighted by Gasteiger charge is -2.59. The van der Waals surface area contributed by atoms with Crippen LogP contribution < -0.4 is 15.8 Å². The Hall–Kier alpha value is -2.11. The Bertz CT molecular complexity index is 1440. The first-order chi connectivity index (χ1) is 19.0. The van der Waals surface area contributed by atoms with Crippen LogP contribution in [0.15, 0.2) is 24.7 Å². The Balaban J connectivity index is 1.14. The molecule has 14 heteroatoms. The smallest absolute Gasteiger partial charge is 0.211 e. The summed E-state index contributed by atoms with van der Waals surface area (Å²) in [5.41, 5.74) is 8.34. The minimum absolute atomic E-state index is 0.0102. The van der Waals surface area contributed by atoms with Gasteiger partial charge in [0, 0.05) is 61.8 Å². The number of anilines is 1. The van der Waals surface area contributed by atoms with Crippen LogP contribution in [0.3, 0.4) is 0 Å². The molecule has 0 aromatic carbocycles. The van der Waals surface area contributed by atoms with Gasteiger partial charge in [0.15, 0.2) is 0 Å². The van der Waals surface area contributed by atoms with Gasteiger partial charge < -0.3 is 9.64 Å². The van der Waals surface area contributed by atoms with Gasteiger partial charge in [0.05, 0.1) is 40.1 Å². The molecule has 1 saturated carbocycles. The molecule has 4 aliphatic rings. The zero-order valence-electron chi connectivity index (χ0n) is 22.0. The molecule has 2 aromatic heterocycles. The van der Waals surface area contributed by atoms with E-state index in [-0.39, 0.29) is 29.8 Å². The van der Waals surface area contributed by atoms with E-state index in [9.17, 15) is 13.7 Å². The normalized spacial score (nSPS) is 30.3. The third-order valence-electron chi connectivity index (χ3n) is 8.64. The van der Waals surface area contributed by atoms with Gasteiger partial charge >= 0.3 is 0 Å². The van der Waals surface area contributed by atoms with Crippen molar-refractivity contribution in [3.63, 3.8) is 0 Å². The lowest BCUT2D eigenvalue weighted by atomic mass is 9.74. The van der Waals surface area contributed by atoms with Crippen molar-refractivity contribution in [2.24, 2.45) is 11.3 Å². The molecule has 0 amide bonds. The number of ether oxygens (including phenoxy) is 1. The number of alkyl halides is 1. The molecule has 0 radical (unpaired) electrons. The van der Waals surface area contributed by atoms with Crippen molar-refractivity contribution in [1.82, 2.24) is 25.1 Å². The van der Waals surface area contributed by atoms with Gasteiger partial charge in [0.2, 0.25) is 10.0 Å². The van der Waals surface area contributed by atoms with Gasteiger partial charge in [0.25, 0.3) is 0 Å². The minimum atomic E-state index is -3.18. The molecular weight excluding hydrogens is 580 g/mol. The molecule has 6 rings (SSSR count). The number of hydrazine groups is 1. The van der Waals surface area contributed by atoms with Crippen molar-refractivity contribution in [3.05, 3.63) is 51.4 Å². The highest BCUT2D eigenvalue weighted by Crippen LogP contribution is 2.45. The van der Waals surface area contributed by atoms with Crippen molar-refractivity contribution in [3.8, 4) is 6.07 Å². The first kappa shape index (κ1) is 28.0. The Morgan fingerprint density at radius 1 is 1.18 bits per heavy atom. The van der Waals surface area contributed by atoms with Crippen LogP contribution in [0, 0.1) is 22.7 Å². The number of sulfonamides is 1. The molecule has 2 aromatic rings. The Morgan fingerprint density at radius 3 is 2.52 bits per heavy atom. The maximum absolute atomic E-state index is 15.2. The minimum Gasteiger partial charge on any atom is -0.367 e. The number of nitriles is 1. The summed E-state index contributed by atoms with van der Waals surface area (Å²) in [6.07, 6.45) is 4.36. The number of hydrogen-bond donors (Lipinski definition) is 2. The van der Waals surface area contributed by atoms with Gasteiger partial charge in [-0.3, -0.25) is 10.4 Å². The fourth-order valence-electron chi connectivity index (χ4n) is 6.63. The topological polar surface area (TPSA) is 123 Å². The van der Waals surface area contributed by atoms with E-state index in [1.54, 1.807) is 13.1 Å². The highest BCUT2D eigenvalue weighted by Gasteiger charge is 2.55. The maximum Gasteiger partial charge on any atom is 0.211 e. The number of nitrogens with zero attached hydrogens (tertiary/aromatic N) is 5. The molecule has 40 heavy (non-hydrogen) atoms. The average Bonchev–Trinajstić information content (AvgIpc) is 3.24. The quantitative estimate of drug-likeness (QED) is 0.508. The SMILES string of the molecule is C[C@@H](OC1CC2C(CC1F)NNC2c1cnc(N2CC3(C2)CN(S(C)(=O)=O)C3)c(C#N)c1)c1c(Cl)cncc1Cl. The molecule has 4 fully saturated rings. The second-order valence-electron chi connectivity index (χ2n) is 11.5. The fraction of sp³-hybridized carbons (Fsp3) is 0.577. The lowest BCUT2D eigenvalue weighted by molar-refractivity contribution is -0.0783. The van der Waals surface area contributed by atoms with Crippen molar-refractivity contribution in [2.45, 2.75) is 50.2 Å². The summed E-state index contributed by atoms with van der Waals surface area (Å²) < 4.78 is 46.4. The van der Waals surface area contributed by atoms with Crippen LogP contribution in [0.5, 0.6) is 0 Å². The lowest BCUT2D eigenvalue weighted by Crippen LogP contribution is -2.73. The first-order valence-corrected chi connectivity index (χ1v) is 15.8. The Kier molecular flexibility index (Phi) is 7.22. The summed E-state index contributed by atoms with van der Waals surface area (Å²) in [4.78, 5) is 10.7. The van der Waals surface area contributed by atoms with Gasteiger partial charge in [0.1, 0.15) is 18.1 Å². The molecule has 3 saturated heterocycles. The monoisotopic (exact) mass is 609 g/mol. The van der Waals surface area contributed by atoms with E-state index in [0.29, 0.717) is 59.6 Å². The van der Waals surface area contributed by atoms with E-state index in [1.807, 2.05) is 11.0 Å². The molecule has 1 spiro atoms. The largest absolute Gasteiger partial charge is 0.367 e. The summed E-state index contributed by atoms with van der Waals surface area (Å²) in [6.45, 7) is 4.13. The summed E-state index contributed by atoms with van der Waals surface area (Å²) in [7, 11) is -3.18. The maximum atomic E-state index is 15.2. The summed E-state index contributed by atoms with van der Waals surface area (Å²) in [6, 6.07) is 3.84. The third-order valence-corrected chi connectivity index (χ3v) is 10.4. The fourth-order valence-corrected chi connectivity index (χ4v) is 8.32. The van der Waals surface area contributed by atoms with Crippen molar-refractivity contribution >= 4 is 39.0 Å². The molecule has 6 atom stereocenters. The van der Waals surface area contributed by atoms with Crippen LogP contribution >= 0.6 is 23.2 Å². The number of halogens is 3. The van der Waals surface area contributed by atoms with Crippen molar-refractivity contribution in [2.75, 3.05) is 37.3 Å². The predicted octanol–water partition coefficient (Wildman–Crippen LogP) is 3.15. The highest BCUT2D eigenvalue weighted by molar-refractivity contribution is 7.88. The molecular formula is C26H30Cl2FN7O3S. The van der Waals surface area contributed by atoms with Crippen LogP contribution in [0.2, 0.25) is 10.0 Å². The van der Waals surface area contributed by atoms with E-state index in [0.717, 1.165) is 5.56 Å². The van der Waals surface area contributed by atoms with Gasteiger partial charge in [-0.15, -0.1) is 0 Å². The van der Waals surface area contributed by atoms with Gasteiger partial charge in [-0.2, -0.15) is 5.26 Å². The van der Waals surface area contributed by atoms with Gasteiger partial charge in [-0.25, -0.2) is 27.5 Å². The first-order valence-electron chi connectivity index (χ1n) is 13.2. The van der Waals surface area contributed by atoms with E-state index < -0.39 is 28.4 Å². The van der Waals surface area contributed by atoms with E-state index >= 15 is 4.39 Å². The van der Waals surface area contributed by atoms with Crippen LogP contribution in [0.1, 0.15) is 48.6 Å². The number of fused-ring (bicyclic) bond motifs is 1. The Morgan fingerprint density at radius 2 is 1.88 bits per heavy atom. The molecule has 214 valence electrons. The standard InChI is InChI=1S/C26H30Cl2FN7O3S/c1-14(23-18(27)8-31-9-19(23)28)39-22-4-17-21(5-20(22)29)33-34-24(17)16-3-15(6-30)25(32-7-16)35-10-26(11-35)12-36(13-26)40(2,37)38/h3,7-9,14,17,20-22,24,33-34H,4-5,10-13H2,1-2H3/t14-,17?,20?,21?,22?,24?/m1/s1. The summed E-state index contributed by atoms with van der Waals surface area (Å²) in [5.74, 6) is 0.613. The molecule has 0 bridgehead atoms. The third kappa shape index (κ3) is 4.96. The Labute approximate surface area is 242 Å². The highest BCUT2D eigenvalue weighted by atomic mass is 35.5. The molecule has 2 N–H and O–H groups in total. The average molecular weight is 611 g/mol. The van der Waals surface area contributed by atoms with Gasteiger partial charge in [-0.1, -0.05) is 23.2 Å². The zero-order chi connectivity index (χ0) is 28.4. The van der Waals surface area contributed by atoms with Crippen LogP contribution in [0.4, 0.5) is 10.2 Å². The number of nitrogens with one attached hydrogen (secondary N) is 2. The number of pyridine rings is 2.